The van der Waals surface area contributed by atoms with Crippen molar-refractivity contribution < 1.29 is 26.5 Å². The lowest BCUT2D eigenvalue weighted by molar-refractivity contribution is -0.00778. The van der Waals surface area contributed by atoms with E-state index in [4.69, 9.17) is 9.51 Å². The number of alkyl halides is 2. The van der Waals surface area contributed by atoms with Gasteiger partial charge >= 0.3 is 0 Å². The van der Waals surface area contributed by atoms with E-state index in [-0.39, 0.29) is 39.7 Å². The number of benzene rings is 2. The quantitative estimate of drug-likeness (QED) is 0.188. The summed E-state index contributed by atoms with van der Waals surface area (Å²) in [7, 11) is -4.22. The van der Waals surface area contributed by atoms with Crippen molar-refractivity contribution >= 4 is 21.6 Å². The molecular weight excluding hydrogens is 574 g/mol. The first-order chi connectivity index (χ1) is 20.5. The van der Waals surface area contributed by atoms with Crippen molar-refractivity contribution in [1.29, 1.82) is 0 Å². The molecule has 1 aliphatic rings. The van der Waals surface area contributed by atoms with Crippen LogP contribution >= 0.6 is 0 Å². The third kappa shape index (κ3) is 6.00. The van der Waals surface area contributed by atoms with Gasteiger partial charge < -0.3 is 9.09 Å². The van der Waals surface area contributed by atoms with Crippen LogP contribution in [0.15, 0.2) is 51.9 Å². The topological polar surface area (TPSA) is 107 Å². The first-order valence-corrected chi connectivity index (χ1v) is 16.1. The summed E-state index contributed by atoms with van der Waals surface area (Å²) < 4.78 is 67.8. The van der Waals surface area contributed by atoms with E-state index in [0.717, 1.165) is 37.2 Å². The van der Waals surface area contributed by atoms with E-state index < -0.39 is 22.4 Å². The van der Waals surface area contributed by atoms with Gasteiger partial charge in [-0.25, -0.2) is 22.2 Å². The normalized spacial score (nSPS) is 14.0. The number of halogens is 2. The van der Waals surface area contributed by atoms with E-state index in [1.807, 2.05) is 11.5 Å². The molecule has 228 valence electrons. The summed E-state index contributed by atoms with van der Waals surface area (Å²) in [6, 6.07) is 10.8. The number of carbonyl (C=O) groups is 1. The van der Waals surface area contributed by atoms with Crippen LogP contribution in [-0.4, -0.2) is 28.9 Å². The minimum Gasteiger partial charge on any atom is -0.359 e. The summed E-state index contributed by atoms with van der Waals surface area (Å²) in [6.45, 7) is 6.98. The molecule has 0 saturated heterocycles. The number of fused-ring (bicyclic) bond motifs is 1. The van der Waals surface area contributed by atoms with Crippen LogP contribution in [0.5, 0.6) is 0 Å². The Balaban J connectivity index is 1.61. The molecule has 0 radical (unpaired) electrons. The Bertz CT molecular complexity index is 1780. The van der Waals surface area contributed by atoms with E-state index in [1.54, 1.807) is 38.1 Å². The van der Waals surface area contributed by atoms with Crippen LogP contribution in [0.1, 0.15) is 90.4 Å². The Morgan fingerprint density at radius 1 is 1.05 bits per heavy atom. The number of aromatic nitrogens is 3. The van der Waals surface area contributed by atoms with Crippen molar-refractivity contribution in [3.8, 4) is 11.1 Å². The SMILES string of the molecule is CCCc1nc2c(n1Cc1ccc(-c3ccccc3S(=O)(=O)Nc3noc(C)c3C)c(C(F)(F)CC)c1)C(=O)CCCC2. The van der Waals surface area contributed by atoms with Gasteiger partial charge in [0.2, 0.25) is 0 Å². The molecule has 0 spiro atoms. The largest absolute Gasteiger partial charge is 0.359 e. The molecule has 0 bridgehead atoms. The number of ketones is 1. The number of Topliss-reactive ketones (excluding diaryl/α,β-unsaturated/α-hetero) is 1. The van der Waals surface area contributed by atoms with Crippen molar-refractivity contribution in [3.63, 3.8) is 0 Å². The second kappa shape index (κ2) is 12.0. The van der Waals surface area contributed by atoms with Gasteiger partial charge in [-0.3, -0.25) is 9.52 Å². The minimum absolute atomic E-state index is 0.0299. The van der Waals surface area contributed by atoms with Gasteiger partial charge in [-0.2, -0.15) is 0 Å². The zero-order valence-corrected chi connectivity index (χ0v) is 25.7. The standard InChI is InChI=1S/C32H36F2N4O4S/c1-5-11-29-35-26-13-8-9-14-27(39)30(26)38(29)19-22-16-17-23(25(18-22)32(33,34)6-2)24-12-7-10-15-28(24)43(40,41)37-31-20(3)21(4)42-36-31/h7,10,12,15-18H,5-6,8-9,11,13-14,19H2,1-4H3,(H,36,37). The summed E-state index contributed by atoms with van der Waals surface area (Å²) in [5.41, 5.74) is 2.44. The van der Waals surface area contributed by atoms with Gasteiger partial charge in [0.15, 0.2) is 11.6 Å². The Labute approximate surface area is 250 Å². The van der Waals surface area contributed by atoms with Crippen molar-refractivity contribution in [2.75, 3.05) is 4.72 Å². The number of carbonyl (C=O) groups excluding carboxylic acids is 1. The summed E-state index contributed by atoms with van der Waals surface area (Å²) >= 11 is 0. The Kier molecular flexibility index (Phi) is 8.56. The van der Waals surface area contributed by atoms with Gasteiger partial charge in [0.25, 0.3) is 15.9 Å². The highest BCUT2D eigenvalue weighted by Crippen LogP contribution is 2.41. The maximum Gasteiger partial charge on any atom is 0.273 e. The van der Waals surface area contributed by atoms with E-state index in [2.05, 4.69) is 9.88 Å². The fourth-order valence-electron chi connectivity index (χ4n) is 5.54. The molecule has 0 saturated carbocycles. The summed E-state index contributed by atoms with van der Waals surface area (Å²) in [5, 5.41) is 3.79. The predicted molar refractivity (Wildman–Crippen MR) is 160 cm³/mol. The smallest absolute Gasteiger partial charge is 0.273 e. The number of hydrogen-bond acceptors (Lipinski definition) is 6. The molecule has 0 fully saturated rings. The monoisotopic (exact) mass is 610 g/mol. The first-order valence-electron chi connectivity index (χ1n) is 14.6. The van der Waals surface area contributed by atoms with Crippen LogP contribution in [0.2, 0.25) is 0 Å². The number of anilines is 1. The van der Waals surface area contributed by atoms with Gasteiger partial charge in [0.1, 0.15) is 17.3 Å². The predicted octanol–water partition coefficient (Wildman–Crippen LogP) is 7.37. The number of imidazole rings is 1. The number of hydrogen-bond donors (Lipinski definition) is 1. The van der Waals surface area contributed by atoms with E-state index in [9.17, 15) is 13.2 Å². The molecule has 0 amide bonds. The Hall–Kier alpha value is -3.86. The van der Waals surface area contributed by atoms with Crippen molar-refractivity contribution in [2.45, 2.75) is 90.0 Å². The number of rotatable bonds is 10. The molecule has 2 heterocycles. The van der Waals surface area contributed by atoms with Gasteiger partial charge in [0.05, 0.1) is 10.6 Å². The molecule has 0 atom stereocenters. The molecule has 5 rings (SSSR count). The van der Waals surface area contributed by atoms with Gasteiger partial charge in [0, 0.05) is 42.5 Å². The highest BCUT2D eigenvalue weighted by molar-refractivity contribution is 7.92. The van der Waals surface area contributed by atoms with Crippen LogP contribution in [0.25, 0.3) is 11.1 Å². The number of aryl methyl sites for hydroxylation is 3. The molecule has 4 aromatic rings. The highest BCUT2D eigenvalue weighted by atomic mass is 32.2. The molecule has 1 aliphatic carbocycles. The lowest BCUT2D eigenvalue weighted by Crippen LogP contribution is -2.18. The number of nitrogens with zero attached hydrogens (tertiary/aromatic N) is 3. The van der Waals surface area contributed by atoms with Crippen molar-refractivity contribution in [1.82, 2.24) is 14.7 Å². The van der Waals surface area contributed by atoms with Crippen LogP contribution in [0.4, 0.5) is 14.6 Å². The molecule has 43 heavy (non-hydrogen) atoms. The fourth-order valence-corrected chi connectivity index (χ4v) is 6.82. The second-order valence-corrected chi connectivity index (χ2v) is 12.7. The van der Waals surface area contributed by atoms with Crippen molar-refractivity contribution in [2.24, 2.45) is 0 Å². The second-order valence-electron chi connectivity index (χ2n) is 11.0. The summed E-state index contributed by atoms with van der Waals surface area (Å²) in [5.74, 6) is -1.94. The minimum atomic E-state index is -4.22. The molecule has 0 aliphatic heterocycles. The average Bonchev–Trinajstić information content (AvgIpc) is 3.41. The first kappa shape index (κ1) is 30.6. The molecule has 8 nitrogen and oxygen atoms in total. The van der Waals surface area contributed by atoms with Crippen LogP contribution < -0.4 is 4.72 Å². The highest BCUT2D eigenvalue weighted by Gasteiger charge is 2.34. The van der Waals surface area contributed by atoms with Gasteiger partial charge in [-0.05, 0) is 62.8 Å². The maximum atomic E-state index is 15.6. The molecule has 2 aromatic heterocycles. The zero-order valence-electron chi connectivity index (χ0n) is 24.8. The number of sulfonamides is 1. The van der Waals surface area contributed by atoms with Gasteiger partial charge in [-0.1, -0.05) is 49.3 Å². The maximum absolute atomic E-state index is 15.6. The number of nitrogens with one attached hydrogen (secondary N) is 1. The third-order valence-electron chi connectivity index (χ3n) is 8.04. The lowest BCUT2D eigenvalue weighted by atomic mass is 9.92. The molecule has 0 unspecified atom stereocenters. The van der Waals surface area contributed by atoms with Crippen molar-refractivity contribution in [3.05, 3.63) is 82.1 Å². The zero-order chi connectivity index (χ0) is 30.9. The van der Waals surface area contributed by atoms with Crippen LogP contribution in [0.3, 0.4) is 0 Å². The van der Waals surface area contributed by atoms with Crippen LogP contribution in [0, 0.1) is 13.8 Å². The summed E-state index contributed by atoms with van der Waals surface area (Å²) in [6.07, 6.45) is 3.86. The van der Waals surface area contributed by atoms with E-state index >= 15 is 8.78 Å². The average molecular weight is 611 g/mol. The molecule has 11 heteroatoms. The molecule has 2 aromatic carbocycles. The van der Waals surface area contributed by atoms with E-state index in [1.165, 1.54) is 25.1 Å². The van der Waals surface area contributed by atoms with E-state index in [0.29, 0.717) is 35.4 Å². The molecule has 1 N–H and O–H groups in total. The van der Waals surface area contributed by atoms with Crippen LogP contribution in [-0.2, 0) is 35.3 Å². The third-order valence-corrected chi connectivity index (χ3v) is 9.44. The van der Waals surface area contributed by atoms with Gasteiger partial charge in [-0.15, -0.1) is 0 Å². The summed E-state index contributed by atoms with van der Waals surface area (Å²) in [4.78, 5) is 17.7. The Morgan fingerprint density at radius 2 is 1.79 bits per heavy atom. The fraction of sp³-hybridized carbons (Fsp3) is 0.406. The molecular formula is C32H36F2N4O4S. The lowest BCUT2D eigenvalue weighted by Gasteiger charge is -2.22. The Morgan fingerprint density at radius 3 is 2.49 bits per heavy atom.